The Labute approximate surface area is 195 Å². The van der Waals surface area contributed by atoms with Crippen molar-refractivity contribution in [1.82, 2.24) is 14.8 Å². The van der Waals surface area contributed by atoms with Crippen LogP contribution < -0.4 is 19.5 Å². The molecule has 0 saturated carbocycles. The smallest absolute Gasteiger partial charge is 0.257 e. The van der Waals surface area contributed by atoms with Crippen molar-refractivity contribution in [3.05, 3.63) is 64.7 Å². The highest BCUT2D eigenvalue weighted by atomic mass is 32.1. The topological polar surface area (TPSA) is 87.5 Å². The predicted octanol–water partition coefficient (Wildman–Crippen LogP) is 4.89. The molecule has 4 aromatic rings. The lowest BCUT2D eigenvalue weighted by Crippen LogP contribution is -2.15. The van der Waals surface area contributed by atoms with Crippen molar-refractivity contribution in [2.75, 3.05) is 26.6 Å². The molecular formula is C24H24N4O4S. The zero-order valence-electron chi connectivity index (χ0n) is 19.0. The van der Waals surface area contributed by atoms with E-state index in [1.54, 1.807) is 22.9 Å². The van der Waals surface area contributed by atoms with Crippen LogP contribution in [0.25, 0.3) is 16.4 Å². The second-order valence-corrected chi connectivity index (χ2v) is 8.17. The number of aryl methyl sites for hydroxylation is 2. The van der Waals surface area contributed by atoms with Gasteiger partial charge < -0.3 is 19.5 Å². The number of anilines is 1. The summed E-state index contributed by atoms with van der Waals surface area (Å²) >= 11 is 1.45. The van der Waals surface area contributed by atoms with E-state index in [2.05, 4.69) is 22.5 Å². The second-order valence-electron chi connectivity index (χ2n) is 7.33. The van der Waals surface area contributed by atoms with Crippen molar-refractivity contribution < 1.29 is 19.0 Å². The number of benzene rings is 2. The van der Waals surface area contributed by atoms with Crippen molar-refractivity contribution in [2.24, 2.45) is 0 Å². The monoisotopic (exact) mass is 464 g/mol. The van der Waals surface area contributed by atoms with Gasteiger partial charge in [0.25, 0.3) is 5.91 Å². The van der Waals surface area contributed by atoms with Crippen LogP contribution in [-0.2, 0) is 0 Å². The van der Waals surface area contributed by atoms with Crippen molar-refractivity contribution in [3.8, 4) is 33.6 Å². The number of hydrogen-bond acceptors (Lipinski definition) is 7. The zero-order chi connectivity index (χ0) is 23.5. The molecule has 2 aromatic heterocycles. The fourth-order valence-corrected chi connectivity index (χ4v) is 4.15. The molecule has 0 aliphatic heterocycles. The Kier molecular flexibility index (Phi) is 6.32. The molecule has 0 aliphatic carbocycles. The molecule has 0 bridgehead atoms. The van der Waals surface area contributed by atoms with Crippen molar-refractivity contribution in [1.29, 1.82) is 0 Å². The minimum atomic E-state index is -0.342. The third kappa shape index (κ3) is 4.54. The molecule has 1 N–H and O–H groups in total. The van der Waals surface area contributed by atoms with Gasteiger partial charge in [-0.05, 0) is 26.0 Å². The van der Waals surface area contributed by atoms with E-state index in [9.17, 15) is 4.79 Å². The van der Waals surface area contributed by atoms with Crippen LogP contribution >= 0.6 is 11.3 Å². The molecule has 33 heavy (non-hydrogen) atoms. The molecular weight excluding hydrogens is 440 g/mol. The Morgan fingerprint density at radius 2 is 1.64 bits per heavy atom. The molecule has 170 valence electrons. The molecule has 0 fully saturated rings. The number of amides is 1. The van der Waals surface area contributed by atoms with E-state index in [0.29, 0.717) is 33.8 Å². The Bertz CT molecular complexity index is 1270. The van der Waals surface area contributed by atoms with Crippen molar-refractivity contribution in [3.63, 3.8) is 0 Å². The normalized spacial score (nSPS) is 10.7. The molecule has 0 aliphatic rings. The molecule has 0 unspecified atom stereocenters. The number of carbonyl (C=O) groups is 1. The predicted molar refractivity (Wildman–Crippen MR) is 128 cm³/mol. The van der Waals surface area contributed by atoms with E-state index >= 15 is 0 Å². The quantitative estimate of drug-likeness (QED) is 0.419. The van der Waals surface area contributed by atoms with Crippen LogP contribution in [0.1, 0.15) is 21.6 Å². The Hall–Kier alpha value is -3.85. The Morgan fingerprint density at radius 3 is 2.24 bits per heavy atom. The summed E-state index contributed by atoms with van der Waals surface area (Å²) in [5.74, 6) is 1.38. The standard InChI is InChI=1S/C24H24N4O4S/c1-14-6-8-16(9-7-14)18-13-33-24(25-18)28-21(10-15(2)27-28)26-23(29)17-11-19(30-3)22(32-5)20(12-17)31-4/h6-13H,1-5H3,(H,26,29). The number of methoxy groups -OCH3 is 3. The van der Waals surface area contributed by atoms with E-state index in [0.717, 1.165) is 17.0 Å². The largest absolute Gasteiger partial charge is 0.493 e. The van der Waals surface area contributed by atoms with Gasteiger partial charge in [-0.15, -0.1) is 11.3 Å². The van der Waals surface area contributed by atoms with Gasteiger partial charge in [0.15, 0.2) is 11.5 Å². The first-order valence-corrected chi connectivity index (χ1v) is 11.0. The lowest BCUT2D eigenvalue weighted by molar-refractivity contribution is 0.102. The van der Waals surface area contributed by atoms with Gasteiger partial charge in [0.1, 0.15) is 5.82 Å². The zero-order valence-corrected chi connectivity index (χ0v) is 19.8. The van der Waals surface area contributed by atoms with Crippen molar-refractivity contribution in [2.45, 2.75) is 13.8 Å². The molecule has 0 radical (unpaired) electrons. The van der Waals surface area contributed by atoms with E-state index in [1.807, 2.05) is 31.4 Å². The number of thiazole rings is 1. The lowest BCUT2D eigenvalue weighted by Gasteiger charge is -2.14. The maximum atomic E-state index is 13.1. The molecule has 1 amide bonds. The Balaban J connectivity index is 1.64. The van der Waals surface area contributed by atoms with Gasteiger partial charge >= 0.3 is 0 Å². The van der Waals surface area contributed by atoms with Crippen molar-refractivity contribution >= 4 is 23.1 Å². The summed E-state index contributed by atoms with van der Waals surface area (Å²) in [5.41, 5.74) is 4.17. The maximum absolute atomic E-state index is 13.1. The Morgan fingerprint density at radius 1 is 0.970 bits per heavy atom. The molecule has 0 spiro atoms. The van der Waals surface area contributed by atoms with Crippen LogP contribution in [0.15, 0.2) is 47.8 Å². The van der Waals surface area contributed by atoms with E-state index < -0.39 is 0 Å². The SMILES string of the molecule is COc1cc(C(=O)Nc2cc(C)nn2-c2nc(-c3ccc(C)cc3)cs2)cc(OC)c1OC. The van der Waals surface area contributed by atoms with Crippen LogP contribution in [0, 0.1) is 13.8 Å². The van der Waals surface area contributed by atoms with E-state index in [4.69, 9.17) is 19.2 Å². The first kappa shape index (κ1) is 22.3. The minimum Gasteiger partial charge on any atom is -0.493 e. The molecule has 0 saturated heterocycles. The molecule has 2 heterocycles. The van der Waals surface area contributed by atoms with Crippen LogP contribution in [0.5, 0.6) is 17.2 Å². The van der Waals surface area contributed by atoms with Gasteiger partial charge in [0.2, 0.25) is 10.9 Å². The number of ether oxygens (including phenoxy) is 3. The molecule has 0 atom stereocenters. The minimum absolute atomic E-state index is 0.342. The summed E-state index contributed by atoms with van der Waals surface area (Å²) in [7, 11) is 4.53. The van der Waals surface area contributed by atoms with Crippen LogP contribution in [0.4, 0.5) is 5.82 Å². The van der Waals surface area contributed by atoms with Gasteiger partial charge in [0.05, 0.1) is 32.7 Å². The maximum Gasteiger partial charge on any atom is 0.257 e. The summed E-state index contributed by atoms with van der Waals surface area (Å²) in [6, 6.07) is 13.2. The molecule has 9 heteroatoms. The fourth-order valence-electron chi connectivity index (χ4n) is 3.35. The number of carbonyl (C=O) groups excluding carboxylic acids is 1. The summed E-state index contributed by atoms with van der Waals surface area (Å²) < 4.78 is 17.7. The third-order valence-electron chi connectivity index (χ3n) is 5.02. The van der Waals surface area contributed by atoms with Crippen LogP contribution in [0.2, 0.25) is 0 Å². The van der Waals surface area contributed by atoms with E-state index in [1.165, 1.54) is 38.2 Å². The number of hydrogen-bond donors (Lipinski definition) is 1. The lowest BCUT2D eigenvalue weighted by atomic mass is 10.1. The van der Waals surface area contributed by atoms with Gasteiger partial charge in [0, 0.05) is 22.6 Å². The molecule has 2 aromatic carbocycles. The number of aromatic nitrogens is 3. The summed E-state index contributed by atoms with van der Waals surface area (Å²) in [5, 5.41) is 10.1. The molecule has 8 nitrogen and oxygen atoms in total. The number of rotatable bonds is 7. The highest BCUT2D eigenvalue weighted by Gasteiger charge is 2.19. The van der Waals surface area contributed by atoms with Crippen LogP contribution in [0.3, 0.4) is 0 Å². The summed E-state index contributed by atoms with van der Waals surface area (Å²) in [6.45, 7) is 3.91. The van der Waals surface area contributed by atoms with Gasteiger partial charge in [-0.25, -0.2) is 4.98 Å². The fraction of sp³-hybridized carbons (Fsp3) is 0.208. The summed E-state index contributed by atoms with van der Waals surface area (Å²) in [4.78, 5) is 17.8. The van der Waals surface area contributed by atoms with Crippen LogP contribution in [-0.4, -0.2) is 42.0 Å². The van der Waals surface area contributed by atoms with Gasteiger partial charge in [-0.1, -0.05) is 29.8 Å². The first-order chi connectivity index (χ1) is 15.9. The average molecular weight is 465 g/mol. The summed E-state index contributed by atoms with van der Waals surface area (Å²) in [6.07, 6.45) is 0. The molecule has 4 rings (SSSR count). The van der Waals surface area contributed by atoms with E-state index in [-0.39, 0.29) is 5.91 Å². The highest BCUT2D eigenvalue weighted by Crippen LogP contribution is 2.38. The number of nitrogens with zero attached hydrogens (tertiary/aromatic N) is 3. The highest BCUT2D eigenvalue weighted by molar-refractivity contribution is 7.12. The van der Waals surface area contributed by atoms with Gasteiger partial charge in [-0.3, -0.25) is 4.79 Å². The average Bonchev–Trinajstić information content (AvgIpc) is 3.45. The first-order valence-electron chi connectivity index (χ1n) is 10.1. The second kappa shape index (κ2) is 9.33. The third-order valence-corrected chi connectivity index (χ3v) is 5.84. The number of nitrogens with one attached hydrogen (secondary N) is 1. The van der Waals surface area contributed by atoms with Gasteiger partial charge in [-0.2, -0.15) is 9.78 Å².